The van der Waals surface area contributed by atoms with Crippen LogP contribution in [0.2, 0.25) is 0 Å². The normalized spacial score (nSPS) is 24.2. The first-order valence-electron chi connectivity index (χ1n) is 6.16. The molecular weight excluding hydrogens is 194 g/mol. The van der Waals surface area contributed by atoms with Gasteiger partial charge in [0, 0.05) is 5.71 Å². The molecule has 0 saturated carbocycles. The maximum atomic E-state index is 4.75. The molecule has 1 rings (SSSR count). The summed E-state index contributed by atoms with van der Waals surface area (Å²) in [5.41, 5.74) is 3.37. The Morgan fingerprint density at radius 2 is 2.25 bits per heavy atom. The Bertz CT molecular complexity index is 342. The van der Waals surface area contributed by atoms with Gasteiger partial charge in [-0.25, -0.2) is 0 Å². The van der Waals surface area contributed by atoms with E-state index in [4.69, 9.17) is 4.99 Å². The first-order valence-corrected chi connectivity index (χ1v) is 6.16. The number of hydrogen-bond acceptors (Lipinski definition) is 1. The Morgan fingerprint density at radius 3 is 2.75 bits per heavy atom. The summed E-state index contributed by atoms with van der Waals surface area (Å²) in [4.78, 5) is 4.75. The maximum Gasteiger partial charge on any atom is 0.0619 e. The lowest BCUT2D eigenvalue weighted by Crippen LogP contribution is -2.12. The molecule has 0 saturated heterocycles. The Hall–Kier alpha value is -1.11. The molecular formula is C15H23N. The average molecular weight is 217 g/mol. The minimum atomic E-state index is 0.457. The highest BCUT2D eigenvalue weighted by molar-refractivity contribution is 5.98. The molecule has 1 aliphatic carbocycles. The van der Waals surface area contributed by atoms with Crippen LogP contribution >= 0.6 is 0 Å². The predicted octanol–water partition coefficient (Wildman–Crippen LogP) is 4.53. The van der Waals surface area contributed by atoms with Gasteiger partial charge < -0.3 is 0 Å². The van der Waals surface area contributed by atoms with Crippen molar-refractivity contribution < 1.29 is 0 Å². The van der Waals surface area contributed by atoms with Gasteiger partial charge in [0.15, 0.2) is 0 Å². The van der Waals surface area contributed by atoms with Crippen LogP contribution in [0.3, 0.4) is 0 Å². The lowest BCUT2D eigenvalue weighted by Gasteiger charge is -2.17. The second kappa shape index (κ2) is 5.83. The quantitative estimate of drug-likeness (QED) is 0.616. The van der Waals surface area contributed by atoms with E-state index >= 15 is 0 Å². The molecule has 0 aliphatic heterocycles. The average Bonchev–Trinajstić information content (AvgIpc) is 2.27. The molecule has 1 unspecified atom stereocenters. The van der Waals surface area contributed by atoms with E-state index < -0.39 is 0 Å². The van der Waals surface area contributed by atoms with Crippen LogP contribution in [0.5, 0.6) is 0 Å². The molecule has 0 spiro atoms. The molecule has 1 atom stereocenters. The fourth-order valence-corrected chi connectivity index (χ4v) is 1.77. The van der Waals surface area contributed by atoms with E-state index in [9.17, 15) is 0 Å². The van der Waals surface area contributed by atoms with Crippen LogP contribution in [-0.4, -0.2) is 5.71 Å². The van der Waals surface area contributed by atoms with Crippen molar-refractivity contribution in [2.75, 3.05) is 0 Å². The molecule has 0 radical (unpaired) electrons. The molecule has 16 heavy (non-hydrogen) atoms. The molecule has 0 heterocycles. The van der Waals surface area contributed by atoms with E-state index in [1.165, 1.54) is 18.6 Å². The third kappa shape index (κ3) is 3.19. The van der Waals surface area contributed by atoms with Crippen molar-refractivity contribution in [2.45, 2.75) is 40.5 Å². The van der Waals surface area contributed by atoms with Crippen LogP contribution in [0, 0.1) is 11.8 Å². The van der Waals surface area contributed by atoms with Gasteiger partial charge in [-0.2, -0.15) is 0 Å². The summed E-state index contributed by atoms with van der Waals surface area (Å²) >= 11 is 0. The topological polar surface area (TPSA) is 12.4 Å². The molecule has 0 fully saturated rings. The van der Waals surface area contributed by atoms with Crippen molar-refractivity contribution in [3.63, 3.8) is 0 Å². The van der Waals surface area contributed by atoms with Gasteiger partial charge in [-0.15, -0.1) is 0 Å². The fraction of sp³-hybridized carbons (Fsp3) is 0.533. The Kier molecular flexibility index (Phi) is 4.72. The maximum absolute atomic E-state index is 4.75. The van der Waals surface area contributed by atoms with Crippen molar-refractivity contribution in [1.29, 1.82) is 0 Å². The zero-order valence-electron chi connectivity index (χ0n) is 11.0. The van der Waals surface area contributed by atoms with E-state index in [0.717, 1.165) is 11.3 Å². The van der Waals surface area contributed by atoms with Crippen LogP contribution in [-0.2, 0) is 0 Å². The standard InChI is InChI=1S/C15H23N/c1-6-14(13(5)11(2)3)16-15-10-8-7-9-12(15)4/h6,8,10-12H,5,7,9H2,1-4H3/b14-6-,16-15-. The van der Waals surface area contributed by atoms with E-state index in [1.54, 1.807) is 0 Å². The minimum Gasteiger partial charge on any atom is -0.253 e. The summed E-state index contributed by atoms with van der Waals surface area (Å²) in [6, 6.07) is 0. The predicted molar refractivity (Wildman–Crippen MR) is 72.7 cm³/mol. The highest BCUT2D eigenvalue weighted by Crippen LogP contribution is 2.22. The second-order valence-corrected chi connectivity index (χ2v) is 4.77. The van der Waals surface area contributed by atoms with E-state index in [0.29, 0.717) is 11.8 Å². The van der Waals surface area contributed by atoms with Crippen molar-refractivity contribution in [3.05, 3.63) is 36.1 Å². The third-order valence-corrected chi connectivity index (χ3v) is 3.11. The highest BCUT2D eigenvalue weighted by Gasteiger charge is 2.13. The van der Waals surface area contributed by atoms with Gasteiger partial charge in [0.2, 0.25) is 0 Å². The number of rotatable bonds is 3. The number of aliphatic imine (C=N–C) groups is 1. The Labute approximate surface area is 99.7 Å². The second-order valence-electron chi connectivity index (χ2n) is 4.77. The SMILES string of the molecule is C=C(C(=C/C)/N=C1/C=CCCC1C)C(C)C. The molecule has 0 aromatic carbocycles. The minimum absolute atomic E-state index is 0.457. The van der Waals surface area contributed by atoms with Crippen molar-refractivity contribution >= 4 is 5.71 Å². The van der Waals surface area contributed by atoms with Crippen LogP contribution in [0.15, 0.2) is 41.1 Å². The van der Waals surface area contributed by atoms with Crippen LogP contribution in [0.25, 0.3) is 0 Å². The smallest absolute Gasteiger partial charge is 0.0619 e. The van der Waals surface area contributed by atoms with Crippen molar-refractivity contribution in [1.82, 2.24) is 0 Å². The first-order chi connectivity index (χ1) is 7.56. The van der Waals surface area contributed by atoms with Crippen molar-refractivity contribution in [3.8, 4) is 0 Å². The van der Waals surface area contributed by atoms with E-state index in [1.807, 2.05) is 6.92 Å². The molecule has 1 nitrogen and oxygen atoms in total. The monoisotopic (exact) mass is 217 g/mol. The van der Waals surface area contributed by atoms with E-state index in [2.05, 4.69) is 45.6 Å². The summed E-state index contributed by atoms with van der Waals surface area (Å²) < 4.78 is 0. The fourth-order valence-electron chi connectivity index (χ4n) is 1.77. The zero-order chi connectivity index (χ0) is 12.1. The van der Waals surface area contributed by atoms with Gasteiger partial charge in [0.25, 0.3) is 0 Å². The van der Waals surface area contributed by atoms with Crippen molar-refractivity contribution in [2.24, 2.45) is 16.8 Å². The Morgan fingerprint density at radius 1 is 1.56 bits per heavy atom. The molecule has 0 aromatic heterocycles. The number of allylic oxidation sites excluding steroid dienone is 4. The Balaban J connectivity index is 2.92. The molecule has 0 aromatic rings. The van der Waals surface area contributed by atoms with Gasteiger partial charge in [-0.3, -0.25) is 4.99 Å². The molecule has 1 aliphatic rings. The molecule has 88 valence electrons. The molecule has 0 amide bonds. The van der Waals surface area contributed by atoms with Gasteiger partial charge in [-0.05, 0) is 43.3 Å². The van der Waals surface area contributed by atoms with E-state index in [-0.39, 0.29) is 0 Å². The summed E-state index contributed by atoms with van der Waals surface area (Å²) in [5, 5.41) is 0. The lowest BCUT2D eigenvalue weighted by molar-refractivity contribution is 0.682. The van der Waals surface area contributed by atoms with Gasteiger partial charge in [0.05, 0.1) is 5.70 Å². The third-order valence-electron chi connectivity index (χ3n) is 3.11. The molecule has 1 heteroatoms. The number of hydrogen-bond donors (Lipinski definition) is 0. The largest absolute Gasteiger partial charge is 0.253 e. The number of nitrogens with zero attached hydrogens (tertiary/aromatic N) is 1. The van der Waals surface area contributed by atoms with Gasteiger partial charge in [-0.1, -0.05) is 39.5 Å². The van der Waals surface area contributed by atoms with Crippen LogP contribution in [0.4, 0.5) is 0 Å². The van der Waals surface area contributed by atoms with Gasteiger partial charge in [0.1, 0.15) is 0 Å². The summed E-state index contributed by atoms with van der Waals surface area (Å²) in [6.07, 6.45) is 8.82. The van der Waals surface area contributed by atoms with Crippen LogP contribution in [0.1, 0.15) is 40.5 Å². The highest BCUT2D eigenvalue weighted by atomic mass is 14.8. The molecule has 0 bridgehead atoms. The lowest BCUT2D eigenvalue weighted by atomic mass is 9.93. The van der Waals surface area contributed by atoms with Crippen LogP contribution < -0.4 is 0 Å². The summed E-state index contributed by atoms with van der Waals surface area (Å²) in [7, 11) is 0. The summed E-state index contributed by atoms with van der Waals surface area (Å²) in [6.45, 7) is 12.7. The van der Waals surface area contributed by atoms with Gasteiger partial charge >= 0.3 is 0 Å². The summed E-state index contributed by atoms with van der Waals surface area (Å²) in [5.74, 6) is 1.03. The first kappa shape index (κ1) is 13.0. The molecule has 0 N–H and O–H groups in total. The zero-order valence-corrected chi connectivity index (χ0v) is 11.0.